The number of carbonyl (C=O) groups excluding carboxylic acids is 1. The first-order valence-corrected chi connectivity index (χ1v) is 5.89. The molecule has 2 aromatic rings. The van der Waals surface area contributed by atoms with Crippen LogP contribution in [0.3, 0.4) is 0 Å². The molecule has 0 aliphatic carbocycles. The Morgan fingerprint density at radius 3 is 2.80 bits per heavy atom. The molecule has 2 rings (SSSR count). The lowest BCUT2D eigenvalue weighted by Crippen LogP contribution is -2.11. The minimum Gasteiger partial charge on any atom is -0.465 e. The molecule has 0 bridgehead atoms. The fourth-order valence-electron chi connectivity index (χ4n) is 1.85. The number of nitrogens with zero attached hydrogens (tertiary/aromatic N) is 1. The maximum Gasteiger partial charge on any atom is 0.348 e. The summed E-state index contributed by atoms with van der Waals surface area (Å²) in [7, 11) is 1.18. The third kappa shape index (κ3) is 2.59. The maximum absolute atomic E-state index is 11.9. The van der Waals surface area contributed by atoms with E-state index in [2.05, 4.69) is 9.72 Å². The van der Waals surface area contributed by atoms with E-state index in [1.807, 2.05) is 25.1 Å². The van der Waals surface area contributed by atoms with Gasteiger partial charge in [0.15, 0.2) is 0 Å². The first-order valence-electron chi connectivity index (χ1n) is 5.89. The van der Waals surface area contributed by atoms with E-state index >= 15 is 0 Å². The number of ether oxygens (including phenoxy) is 1. The SMILES string of the molecule is COC(=O)/C(C#N)=C/c1cc2cc(C)ccc2[nH]c1=O. The number of esters is 1. The summed E-state index contributed by atoms with van der Waals surface area (Å²) in [6.45, 7) is 1.94. The van der Waals surface area contributed by atoms with Gasteiger partial charge in [0.25, 0.3) is 5.56 Å². The first-order chi connectivity index (χ1) is 9.55. The number of rotatable bonds is 2. The van der Waals surface area contributed by atoms with E-state index in [4.69, 9.17) is 5.26 Å². The van der Waals surface area contributed by atoms with Gasteiger partial charge in [-0.25, -0.2) is 4.79 Å². The molecule has 0 saturated carbocycles. The number of nitriles is 1. The van der Waals surface area contributed by atoms with Crippen LogP contribution in [0.2, 0.25) is 0 Å². The Labute approximate surface area is 115 Å². The predicted molar refractivity (Wildman–Crippen MR) is 74.9 cm³/mol. The molecule has 0 amide bonds. The number of aryl methyl sites for hydroxylation is 1. The van der Waals surface area contributed by atoms with Crippen molar-refractivity contribution >= 4 is 22.9 Å². The lowest BCUT2D eigenvalue weighted by atomic mass is 10.1. The van der Waals surface area contributed by atoms with Crippen molar-refractivity contribution in [1.82, 2.24) is 4.98 Å². The summed E-state index contributed by atoms with van der Waals surface area (Å²) < 4.78 is 4.48. The molecule has 20 heavy (non-hydrogen) atoms. The highest BCUT2D eigenvalue weighted by Crippen LogP contribution is 2.14. The highest BCUT2D eigenvalue weighted by molar-refractivity contribution is 5.98. The Kier molecular flexibility index (Phi) is 3.67. The van der Waals surface area contributed by atoms with Crippen molar-refractivity contribution in [1.29, 1.82) is 5.26 Å². The monoisotopic (exact) mass is 268 g/mol. The molecule has 0 aliphatic heterocycles. The summed E-state index contributed by atoms with van der Waals surface area (Å²) in [5.41, 5.74) is 1.41. The van der Waals surface area contributed by atoms with Gasteiger partial charge < -0.3 is 9.72 Å². The van der Waals surface area contributed by atoms with Crippen molar-refractivity contribution in [2.75, 3.05) is 7.11 Å². The molecule has 100 valence electrons. The molecular weight excluding hydrogens is 256 g/mol. The normalized spacial score (nSPS) is 11.2. The predicted octanol–water partition coefficient (Wildman–Crippen LogP) is 1.92. The molecule has 5 heteroatoms. The topological polar surface area (TPSA) is 82.9 Å². The van der Waals surface area contributed by atoms with E-state index in [9.17, 15) is 9.59 Å². The minimum absolute atomic E-state index is 0.218. The van der Waals surface area contributed by atoms with Crippen LogP contribution in [0.25, 0.3) is 17.0 Å². The molecular formula is C15H12N2O3. The van der Waals surface area contributed by atoms with Crippen molar-refractivity contribution in [2.45, 2.75) is 6.92 Å². The summed E-state index contributed by atoms with van der Waals surface area (Å²) >= 11 is 0. The summed E-state index contributed by atoms with van der Waals surface area (Å²) in [5, 5.41) is 9.74. The molecule has 0 fully saturated rings. The molecule has 1 heterocycles. The fraction of sp³-hybridized carbons (Fsp3) is 0.133. The van der Waals surface area contributed by atoms with Crippen molar-refractivity contribution in [3.63, 3.8) is 0 Å². The van der Waals surface area contributed by atoms with Crippen molar-refractivity contribution in [3.05, 3.63) is 51.3 Å². The Balaban J connectivity index is 2.63. The zero-order chi connectivity index (χ0) is 14.7. The van der Waals surface area contributed by atoms with Gasteiger partial charge >= 0.3 is 5.97 Å². The molecule has 0 unspecified atom stereocenters. The molecule has 0 spiro atoms. The number of methoxy groups -OCH3 is 1. The van der Waals surface area contributed by atoms with Crippen LogP contribution in [-0.2, 0) is 9.53 Å². The number of nitrogens with one attached hydrogen (secondary N) is 1. The second-order valence-corrected chi connectivity index (χ2v) is 4.31. The molecule has 0 atom stereocenters. The number of hydrogen-bond donors (Lipinski definition) is 1. The molecule has 1 aromatic heterocycles. The van der Waals surface area contributed by atoms with Gasteiger partial charge in [0, 0.05) is 11.1 Å². The quantitative estimate of drug-likeness (QED) is 0.512. The molecule has 0 saturated heterocycles. The van der Waals surface area contributed by atoms with Gasteiger partial charge in [-0.15, -0.1) is 0 Å². The van der Waals surface area contributed by atoms with E-state index in [0.717, 1.165) is 10.9 Å². The largest absolute Gasteiger partial charge is 0.465 e. The number of aromatic amines is 1. The van der Waals surface area contributed by atoms with E-state index in [1.165, 1.54) is 13.2 Å². The summed E-state index contributed by atoms with van der Waals surface area (Å²) in [5.74, 6) is -0.767. The van der Waals surface area contributed by atoms with Crippen LogP contribution in [0.15, 0.2) is 34.6 Å². The highest BCUT2D eigenvalue weighted by atomic mass is 16.5. The number of benzene rings is 1. The van der Waals surface area contributed by atoms with E-state index in [1.54, 1.807) is 12.1 Å². The summed E-state index contributed by atoms with van der Waals surface area (Å²) in [6, 6.07) is 8.97. The van der Waals surface area contributed by atoms with Gasteiger partial charge in [0.1, 0.15) is 11.6 Å². The molecule has 1 N–H and O–H groups in total. The zero-order valence-electron chi connectivity index (χ0n) is 11.1. The van der Waals surface area contributed by atoms with Crippen LogP contribution in [0, 0.1) is 18.3 Å². The van der Waals surface area contributed by atoms with E-state index in [0.29, 0.717) is 5.52 Å². The maximum atomic E-state index is 11.9. The third-order valence-corrected chi connectivity index (χ3v) is 2.85. The summed E-state index contributed by atoms with van der Waals surface area (Å²) in [6.07, 6.45) is 1.23. The lowest BCUT2D eigenvalue weighted by molar-refractivity contribution is -0.135. The number of fused-ring (bicyclic) bond motifs is 1. The zero-order valence-corrected chi connectivity index (χ0v) is 11.1. The van der Waals surface area contributed by atoms with Crippen LogP contribution in [0.5, 0.6) is 0 Å². The number of carbonyl (C=O) groups is 1. The average molecular weight is 268 g/mol. The van der Waals surface area contributed by atoms with Gasteiger partial charge in [-0.1, -0.05) is 11.6 Å². The molecule has 0 aliphatic rings. The number of aromatic nitrogens is 1. The molecule has 5 nitrogen and oxygen atoms in total. The molecule has 0 radical (unpaired) electrons. The number of H-pyrrole nitrogens is 1. The van der Waals surface area contributed by atoms with Gasteiger partial charge in [0.2, 0.25) is 0 Å². The lowest BCUT2D eigenvalue weighted by Gasteiger charge is -2.02. The number of hydrogen-bond acceptors (Lipinski definition) is 4. The van der Waals surface area contributed by atoms with Crippen molar-refractivity contribution in [2.24, 2.45) is 0 Å². The van der Waals surface area contributed by atoms with Gasteiger partial charge in [-0.05, 0) is 36.6 Å². The van der Waals surface area contributed by atoms with Crippen molar-refractivity contribution < 1.29 is 9.53 Å². The van der Waals surface area contributed by atoms with E-state index < -0.39 is 5.97 Å². The van der Waals surface area contributed by atoms with E-state index in [-0.39, 0.29) is 16.7 Å². The third-order valence-electron chi connectivity index (χ3n) is 2.85. The van der Waals surface area contributed by atoms with Gasteiger partial charge in [0.05, 0.1) is 7.11 Å². The van der Waals surface area contributed by atoms with Gasteiger partial charge in [-0.3, -0.25) is 4.79 Å². The second kappa shape index (κ2) is 5.41. The average Bonchev–Trinajstić information content (AvgIpc) is 2.44. The Bertz CT molecular complexity index is 810. The highest BCUT2D eigenvalue weighted by Gasteiger charge is 2.10. The van der Waals surface area contributed by atoms with Crippen molar-refractivity contribution in [3.8, 4) is 6.07 Å². The van der Waals surface area contributed by atoms with Crippen LogP contribution in [0.1, 0.15) is 11.1 Å². The summed E-state index contributed by atoms with van der Waals surface area (Å²) in [4.78, 5) is 26.0. The Morgan fingerprint density at radius 2 is 2.15 bits per heavy atom. The minimum atomic E-state index is -0.767. The van der Waals surface area contributed by atoms with Crippen LogP contribution < -0.4 is 5.56 Å². The van der Waals surface area contributed by atoms with Crippen LogP contribution in [0.4, 0.5) is 0 Å². The van der Waals surface area contributed by atoms with Crippen LogP contribution >= 0.6 is 0 Å². The van der Waals surface area contributed by atoms with Gasteiger partial charge in [-0.2, -0.15) is 5.26 Å². The van der Waals surface area contributed by atoms with Crippen LogP contribution in [-0.4, -0.2) is 18.1 Å². The standard InChI is InChI=1S/C15H12N2O3/c1-9-3-4-13-10(5-9)6-11(14(18)17-13)7-12(8-16)15(19)20-2/h3-7H,1-2H3,(H,17,18)/b12-7+. The Morgan fingerprint density at radius 1 is 1.40 bits per heavy atom. The number of pyridine rings is 1. The first kappa shape index (κ1) is 13.6. The Hall–Kier alpha value is -2.87. The fourth-order valence-corrected chi connectivity index (χ4v) is 1.85. The second-order valence-electron chi connectivity index (χ2n) is 4.31. The smallest absolute Gasteiger partial charge is 0.348 e. The molecule has 1 aromatic carbocycles.